The standard InChI is InChI=1S/C16H22N2O4/c1-12(19)22-16-14(20-2)9-13(10-15(16)21-3)11-17-18-7-5-4-6-8-18/h9-11H,4-8H2,1-3H3/b17-11+. The largest absolute Gasteiger partial charge is 0.493 e. The summed E-state index contributed by atoms with van der Waals surface area (Å²) in [6.07, 6.45) is 5.39. The van der Waals surface area contributed by atoms with Crippen molar-refractivity contribution in [3.63, 3.8) is 0 Å². The second-order valence-electron chi connectivity index (χ2n) is 5.11. The molecule has 1 fully saturated rings. The first-order valence-electron chi connectivity index (χ1n) is 7.37. The molecule has 0 unspecified atom stereocenters. The molecule has 0 bridgehead atoms. The average molecular weight is 306 g/mol. The lowest BCUT2D eigenvalue weighted by molar-refractivity contribution is -0.132. The molecule has 0 aromatic heterocycles. The summed E-state index contributed by atoms with van der Waals surface area (Å²) in [6, 6.07) is 3.54. The van der Waals surface area contributed by atoms with Gasteiger partial charge in [-0.1, -0.05) is 0 Å². The molecule has 2 rings (SSSR count). The molecular weight excluding hydrogens is 284 g/mol. The Labute approximate surface area is 130 Å². The van der Waals surface area contributed by atoms with E-state index in [2.05, 4.69) is 10.1 Å². The molecule has 6 heteroatoms. The van der Waals surface area contributed by atoms with E-state index in [1.807, 2.05) is 0 Å². The van der Waals surface area contributed by atoms with Crippen LogP contribution in [-0.2, 0) is 4.79 Å². The van der Waals surface area contributed by atoms with Gasteiger partial charge in [-0.3, -0.25) is 9.80 Å². The molecule has 0 spiro atoms. The minimum absolute atomic E-state index is 0.285. The number of esters is 1. The topological polar surface area (TPSA) is 60.4 Å². The van der Waals surface area contributed by atoms with Gasteiger partial charge in [0.2, 0.25) is 5.75 Å². The van der Waals surface area contributed by atoms with Crippen LogP contribution in [0.1, 0.15) is 31.7 Å². The number of carbonyl (C=O) groups excluding carboxylic acids is 1. The molecule has 0 atom stereocenters. The Morgan fingerprint density at radius 3 is 2.23 bits per heavy atom. The molecule has 0 amide bonds. The van der Waals surface area contributed by atoms with Crippen molar-refractivity contribution in [2.75, 3.05) is 27.3 Å². The quantitative estimate of drug-likeness (QED) is 0.475. The van der Waals surface area contributed by atoms with Gasteiger partial charge in [0, 0.05) is 25.6 Å². The maximum atomic E-state index is 11.2. The molecule has 22 heavy (non-hydrogen) atoms. The molecule has 1 aliphatic heterocycles. The van der Waals surface area contributed by atoms with E-state index in [-0.39, 0.29) is 5.75 Å². The fraction of sp³-hybridized carbons (Fsp3) is 0.500. The van der Waals surface area contributed by atoms with Crippen LogP contribution in [0.25, 0.3) is 0 Å². The van der Waals surface area contributed by atoms with Crippen LogP contribution in [0.3, 0.4) is 0 Å². The molecule has 1 saturated heterocycles. The van der Waals surface area contributed by atoms with Gasteiger partial charge in [0.05, 0.1) is 20.4 Å². The number of hydrogen-bond donors (Lipinski definition) is 0. The maximum Gasteiger partial charge on any atom is 0.308 e. The average Bonchev–Trinajstić information content (AvgIpc) is 2.54. The molecule has 0 saturated carbocycles. The van der Waals surface area contributed by atoms with Crippen LogP contribution in [0, 0.1) is 0 Å². The lowest BCUT2D eigenvalue weighted by Crippen LogP contribution is -2.24. The summed E-state index contributed by atoms with van der Waals surface area (Å²) in [6.45, 7) is 3.30. The monoisotopic (exact) mass is 306 g/mol. The van der Waals surface area contributed by atoms with Gasteiger partial charge in [-0.05, 0) is 31.4 Å². The summed E-state index contributed by atoms with van der Waals surface area (Å²) in [7, 11) is 3.04. The highest BCUT2D eigenvalue weighted by Crippen LogP contribution is 2.38. The Balaban J connectivity index is 2.24. The zero-order valence-electron chi connectivity index (χ0n) is 13.3. The molecule has 1 aromatic rings. The summed E-state index contributed by atoms with van der Waals surface area (Å²) >= 11 is 0. The van der Waals surface area contributed by atoms with Gasteiger partial charge in [-0.2, -0.15) is 5.10 Å². The van der Waals surface area contributed by atoms with Crippen LogP contribution in [-0.4, -0.2) is 44.5 Å². The minimum Gasteiger partial charge on any atom is -0.493 e. The third kappa shape index (κ3) is 4.13. The first kappa shape index (κ1) is 16.1. The van der Waals surface area contributed by atoms with Gasteiger partial charge >= 0.3 is 5.97 Å². The van der Waals surface area contributed by atoms with E-state index < -0.39 is 5.97 Å². The minimum atomic E-state index is -0.425. The Morgan fingerprint density at radius 2 is 1.73 bits per heavy atom. The molecule has 6 nitrogen and oxygen atoms in total. The number of benzene rings is 1. The van der Waals surface area contributed by atoms with Crippen LogP contribution >= 0.6 is 0 Å². The van der Waals surface area contributed by atoms with E-state index >= 15 is 0 Å². The number of ether oxygens (including phenoxy) is 3. The van der Waals surface area contributed by atoms with Crippen LogP contribution in [0.2, 0.25) is 0 Å². The van der Waals surface area contributed by atoms with Crippen molar-refractivity contribution < 1.29 is 19.0 Å². The number of hydrazone groups is 1. The van der Waals surface area contributed by atoms with Crippen molar-refractivity contribution >= 4 is 12.2 Å². The normalized spacial score (nSPS) is 15.0. The summed E-state index contributed by atoms with van der Waals surface area (Å²) in [5.74, 6) is 0.739. The number of piperidine rings is 1. The molecule has 1 aromatic carbocycles. The predicted octanol–water partition coefficient (Wildman–Crippen LogP) is 2.45. The maximum absolute atomic E-state index is 11.2. The van der Waals surface area contributed by atoms with Gasteiger partial charge in [0.25, 0.3) is 0 Å². The molecule has 0 N–H and O–H groups in total. The zero-order valence-corrected chi connectivity index (χ0v) is 13.3. The fourth-order valence-corrected chi connectivity index (χ4v) is 2.36. The highest BCUT2D eigenvalue weighted by molar-refractivity contribution is 5.83. The van der Waals surface area contributed by atoms with Crippen LogP contribution < -0.4 is 14.2 Å². The van der Waals surface area contributed by atoms with Gasteiger partial charge < -0.3 is 14.2 Å². The van der Waals surface area contributed by atoms with E-state index in [1.165, 1.54) is 40.4 Å². The Morgan fingerprint density at radius 1 is 1.14 bits per heavy atom. The summed E-state index contributed by atoms with van der Waals surface area (Å²) in [4.78, 5) is 11.2. The second-order valence-corrected chi connectivity index (χ2v) is 5.11. The lowest BCUT2D eigenvalue weighted by atomic mass is 10.2. The van der Waals surface area contributed by atoms with Crippen molar-refractivity contribution in [3.05, 3.63) is 17.7 Å². The van der Waals surface area contributed by atoms with Crippen molar-refractivity contribution in [1.29, 1.82) is 0 Å². The van der Waals surface area contributed by atoms with Crippen molar-refractivity contribution in [2.24, 2.45) is 5.10 Å². The molecule has 0 aliphatic carbocycles. The first-order chi connectivity index (χ1) is 10.6. The highest BCUT2D eigenvalue weighted by Gasteiger charge is 2.16. The van der Waals surface area contributed by atoms with Crippen molar-refractivity contribution in [3.8, 4) is 17.2 Å². The number of nitrogens with zero attached hydrogens (tertiary/aromatic N) is 2. The van der Waals surface area contributed by atoms with E-state index in [0.717, 1.165) is 18.7 Å². The fourth-order valence-electron chi connectivity index (χ4n) is 2.36. The summed E-state index contributed by atoms with van der Waals surface area (Å²) in [5, 5.41) is 6.54. The first-order valence-corrected chi connectivity index (χ1v) is 7.37. The highest BCUT2D eigenvalue weighted by atomic mass is 16.6. The molecule has 0 radical (unpaired) electrons. The van der Waals surface area contributed by atoms with Crippen LogP contribution in [0.15, 0.2) is 17.2 Å². The van der Waals surface area contributed by atoms with E-state index in [4.69, 9.17) is 14.2 Å². The predicted molar refractivity (Wildman–Crippen MR) is 83.9 cm³/mol. The van der Waals surface area contributed by atoms with Gasteiger partial charge in [-0.15, -0.1) is 0 Å². The Bertz CT molecular complexity index is 526. The van der Waals surface area contributed by atoms with E-state index in [1.54, 1.807) is 18.3 Å². The smallest absolute Gasteiger partial charge is 0.308 e. The molecular formula is C16H22N2O4. The van der Waals surface area contributed by atoms with E-state index in [9.17, 15) is 4.79 Å². The molecule has 1 aliphatic rings. The van der Waals surface area contributed by atoms with Gasteiger partial charge in [0.15, 0.2) is 11.5 Å². The molecule has 120 valence electrons. The number of carbonyl (C=O) groups is 1. The van der Waals surface area contributed by atoms with Crippen LogP contribution in [0.5, 0.6) is 17.2 Å². The second kappa shape index (κ2) is 7.68. The van der Waals surface area contributed by atoms with Crippen LogP contribution in [0.4, 0.5) is 0 Å². The van der Waals surface area contributed by atoms with Gasteiger partial charge in [0.1, 0.15) is 0 Å². The molecule has 1 heterocycles. The SMILES string of the molecule is COc1cc(/C=N/N2CCCCC2)cc(OC)c1OC(C)=O. The third-order valence-electron chi connectivity index (χ3n) is 3.43. The van der Waals surface area contributed by atoms with E-state index in [0.29, 0.717) is 11.5 Å². The van der Waals surface area contributed by atoms with Gasteiger partial charge in [-0.25, -0.2) is 0 Å². The number of hydrogen-bond acceptors (Lipinski definition) is 6. The van der Waals surface area contributed by atoms with Crippen molar-refractivity contribution in [2.45, 2.75) is 26.2 Å². The Hall–Kier alpha value is -2.24. The summed E-state index contributed by atoms with van der Waals surface area (Å²) < 4.78 is 15.7. The summed E-state index contributed by atoms with van der Waals surface area (Å²) in [5.41, 5.74) is 0.829. The lowest BCUT2D eigenvalue weighted by Gasteiger charge is -2.23. The number of rotatable bonds is 5. The Kier molecular flexibility index (Phi) is 5.63. The van der Waals surface area contributed by atoms with Crippen molar-refractivity contribution in [1.82, 2.24) is 5.01 Å². The number of methoxy groups -OCH3 is 2. The third-order valence-corrected chi connectivity index (χ3v) is 3.43. The zero-order chi connectivity index (χ0) is 15.9.